The first-order valence-electron chi connectivity index (χ1n) is 5.73. The second-order valence-corrected chi connectivity index (χ2v) is 6.46. The molecule has 0 spiro atoms. The molecule has 104 valence electrons. The second kappa shape index (κ2) is 5.26. The Balaban J connectivity index is 2.33. The highest BCUT2D eigenvalue weighted by atomic mass is 32.2. The quantitative estimate of drug-likeness (QED) is 0.904. The minimum atomic E-state index is -3.85. The van der Waals surface area contributed by atoms with Gasteiger partial charge in [0.05, 0.1) is 17.9 Å². The third kappa shape index (κ3) is 3.10. The molecule has 1 unspecified atom stereocenters. The van der Waals surface area contributed by atoms with Gasteiger partial charge in [-0.25, -0.2) is 17.6 Å². The summed E-state index contributed by atoms with van der Waals surface area (Å²) in [7, 11) is -3.85. The van der Waals surface area contributed by atoms with E-state index >= 15 is 0 Å². The Kier molecular flexibility index (Phi) is 3.86. The van der Waals surface area contributed by atoms with Gasteiger partial charge in [-0.1, -0.05) is 0 Å². The number of sulfone groups is 1. The normalized spacial score (nSPS) is 19.5. The van der Waals surface area contributed by atoms with E-state index in [-0.39, 0.29) is 17.2 Å². The fourth-order valence-electron chi connectivity index (χ4n) is 1.99. The lowest BCUT2D eigenvalue weighted by atomic mass is 10.2. The number of rotatable bonds is 4. The van der Waals surface area contributed by atoms with E-state index in [1.165, 1.54) is 0 Å². The number of halogens is 1. The van der Waals surface area contributed by atoms with E-state index in [4.69, 9.17) is 9.84 Å². The molecule has 1 fully saturated rings. The Bertz CT molecular complexity index is 590. The van der Waals surface area contributed by atoms with Gasteiger partial charge in [-0.05, 0) is 30.5 Å². The SMILES string of the molecule is O=C(O)c1ccc(F)c(S(=O)(=O)CC2CCOC2)c1. The largest absolute Gasteiger partial charge is 0.478 e. The lowest BCUT2D eigenvalue weighted by molar-refractivity contribution is 0.0696. The van der Waals surface area contributed by atoms with Crippen LogP contribution in [0.15, 0.2) is 23.1 Å². The summed E-state index contributed by atoms with van der Waals surface area (Å²) in [5.41, 5.74) is -0.248. The maximum atomic E-state index is 13.6. The van der Waals surface area contributed by atoms with Crippen molar-refractivity contribution in [2.75, 3.05) is 19.0 Å². The first-order valence-corrected chi connectivity index (χ1v) is 7.39. The molecule has 0 bridgehead atoms. The number of ether oxygens (including phenoxy) is 1. The first-order chi connectivity index (χ1) is 8.90. The molecule has 1 heterocycles. The minimum absolute atomic E-state index is 0.169. The summed E-state index contributed by atoms with van der Waals surface area (Å²) in [6, 6.07) is 2.76. The highest BCUT2D eigenvalue weighted by Crippen LogP contribution is 2.23. The fraction of sp³-hybridized carbons (Fsp3) is 0.417. The van der Waals surface area contributed by atoms with E-state index in [0.29, 0.717) is 19.6 Å². The molecule has 1 aromatic carbocycles. The zero-order valence-electron chi connectivity index (χ0n) is 10.0. The van der Waals surface area contributed by atoms with Crippen LogP contribution in [0.5, 0.6) is 0 Å². The zero-order chi connectivity index (χ0) is 14.0. The van der Waals surface area contributed by atoms with Crippen molar-refractivity contribution in [1.29, 1.82) is 0 Å². The van der Waals surface area contributed by atoms with Gasteiger partial charge in [0.25, 0.3) is 0 Å². The standard InChI is InChI=1S/C12H13FO5S/c13-10-2-1-9(12(14)15)5-11(10)19(16,17)7-8-3-4-18-6-8/h1-2,5,8H,3-4,6-7H2,(H,14,15). The van der Waals surface area contributed by atoms with Crippen molar-refractivity contribution in [1.82, 2.24) is 0 Å². The molecule has 19 heavy (non-hydrogen) atoms. The molecule has 7 heteroatoms. The van der Waals surface area contributed by atoms with Gasteiger partial charge in [0.15, 0.2) is 9.84 Å². The monoisotopic (exact) mass is 288 g/mol. The molecule has 1 aliphatic rings. The molecule has 1 aromatic rings. The summed E-state index contributed by atoms with van der Waals surface area (Å²) in [4.78, 5) is 10.2. The van der Waals surface area contributed by atoms with Crippen molar-refractivity contribution < 1.29 is 27.4 Å². The number of carboxylic acid groups (broad SMARTS) is 1. The van der Waals surface area contributed by atoms with Gasteiger partial charge in [0.2, 0.25) is 0 Å². The molecular formula is C12H13FO5S. The number of benzene rings is 1. The zero-order valence-corrected chi connectivity index (χ0v) is 10.8. The van der Waals surface area contributed by atoms with E-state index in [9.17, 15) is 17.6 Å². The summed E-state index contributed by atoms with van der Waals surface area (Å²) in [6.45, 7) is 0.831. The van der Waals surface area contributed by atoms with Crippen LogP contribution in [0.2, 0.25) is 0 Å². The third-order valence-corrected chi connectivity index (χ3v) is 4.89. The summed E-state index contributed by atoms with van der Waals surface area (Å²) < 4.78 is 42.9. The molecule has 1 N–H and O–H groups in total. The number of hydrogen-bond donors (Lipinski definition) is 1. The summed E-state index contributed by atoms with van der Waals surface area (Å²) >= 11 is 0. The summed E-state index contributed by atoms with van der Waals surface area (Å²) in [5.74, 6) is -2.62. The Morgan fingerprint density at radius 1 is 1.47 bits per heavy atom. The minimum Gasteiger partial charge on any atom is -0.478 e. The molecule has 0 saturated carbocycles. The maximum Gasteiger partial charge on any atom is 0.335 e. The Morgan fingerprint density at radius 2 is 2.21 bits per heavy atom. The lowest BCUT2D eigenvalue weighted by Crippen LogP contribution is -2.18. The summed E-state index contributed by atoms with van der Waals surface area (Å²) in [6.07, 6.45) is 0.611. The van der Waals surface area contributed by atoms with E-state index in [1.807, 2.05) is 0 Å². The molecular weight excluding hydrogens is 275 g/mol. The molecule has 1 saturated heterocycles. The van der Waals surface area contributed by atoms with Gasteiger partial charge in [-0.3, -0.25) is 0 Å². The van der Waals surface area contributed by atoms with Crippen molar-refractivity contribution in [2.45, 2.75) is 11.3 Å². The van der Waals surface area contributed by atoms with Crippen LogP contribution in [0.4, 0.5) is 4.39 Å². The van der Waals surface area contributed by atoms with Gasteiger partial charge < -0.3 is 9.84 Å². The van der Waals surface area contributed by atoms with Gasteiger partial charge in [0.1, 0.15) is 10.7 Å². The number of carbonyl (C=O) groups is 1. The van der Waals surface area contributed by atoms with Gasteiger partial charge in [-0.2, -0.15) is 0 Å². The van der Waals surface area contributed by atoms with Gasteiger partial charge in [0, 0.05) is 6.61 Å². The highest BCUT2D eigenvalue weighted by Gasteiger charge is 2.27. The van der Waals surface area contributed by atoms with Crippen LogP contribution in [0, 0.1) is 11.7 Å². The fourth-order valence-corrected chi connectivity index (χ4v) is 3.72. The molecule has 0 aliphatic carbocycles. The van der Waals surface area contributed by atoms with Crippen LogP contribution >= 0.6 is 0 Å². The highest BCUT2D eigenvalue weighted by molar-refractivity contribution is 7.91. The van der Waals surface area contributed by atoms with E-state index in [2.05, 4.69) is 0 Å². The Hall–Kier alpha value is -1.47. The number of carboxylic acids is 1. The molecule has 0 amide bonds. The third-order valence-electron chi connectivity index (χ3n) is 2.99. The van der Waals surface area contributed by atoms with E-state index in [0.717, 1.165) is 18.2 Å². The van der Waals surface area contributed by atoms with E-state index in [1.54, 1.807) is 0 Å². The van der Waals surface area contributed by atoms with Crippen LogP contribution in [0.3, 0.4) is 0 Å². The number of aromatic carboxylic acids is 1. The summed E-state index contributed by atoms with van der Waals surface area (Å²) in [5, 5.41) is 8.81. The van der Waals surface area contributed by atoms with Crippen molar-refractivity contribution in [2.24, 2.45) is 5.92 Å². The van der Waals surface area contributed by atoms with Crippen molar-refractivity contribution in [3.05, 3.63) is 29.6 Å². The lowest BCUT2D eigenvalue weighted by Gasteiger charge is -2.10. The van der Waals surface area contributed by atoms with Gasteiger partial charge >= 0.3 is 5.97 Å². The molecule has 2 rings (SSSR count). The molecule has 0 radical (unpaired) electrons. The molecule has 1 atom stereocenters. The molecule has 0 aromatic heterocycles. The van der Waals surface area contributed by atoms with E-state index < -0.39 is 26.5 Å². The van der Waals surface area contributed by atoms with Gasteiger partial charge in [-0.15, -0.1) is 0 Å². The average molecular weight is 288 g/mol. The average Bonchev–Trinajstić information content (AvgIpc) is 2.81. The van der Waals surface area contributed by atoms with Crippen molar-refractivity contribution in [3.63, 3.8) is 0 Å². The number of hydrogen-bond acceptors (Lipinski definition) is 4. The Labute approximate surface area is 109 Å². The first kappa shape index (κ1) is 14.0. The Morgan fingerprint density at radius 3 is 2.79 bits per heavy atom. The van der Waals surface area contributed by atoms with Crippen LogP contribution in [-0.2, 0) is 14.6 Å². The second-order valence-electron chi connectivity index (χ2n) is 4.46. The smallest absolute Gasteiger partial charge is 0.335 e. The molecule has 5 nitrogen and oxygen atoms in total. The van der Waals surface area contributed by atoms with Crippen LogP contribution < -0.4 is 0 Å². The predicted molar refractivity (Wildman–Crippen MR) is 64.3 cm³/mol. The maximum absolute atomic E-state index is 13.6. The molecule has 1 aliphatic heterocycles. The van der Waals surface area contributed by atoms with Crippen LogP contribution in [0.25, 0.3) is 0 Å². The van der Waals surface area contributed by atoms with Crippen LogP contribution in [-0.4, -0.2) is 38.5 Å². The van der Waals surface area contributed by atoms with Crippen LogP contribution in [0.1, 0.15) is 16.8 Å². The van der Waals surface area contributed by atoms with Crippen molar-refractivity contribution >= 4 is 15.8 Å². The predicted octanol–water partition coefficient (Wildman–Crippen LogP) is 1.33. The van der Waals surface area contributed by atoms with Crippen molar-refractivity contribution in [3.8, 4) is 0 Å². The topological polar surface area (TPSA) is 80.7 Å².